The van der Waals surface area contributed by atoms with E-state index in [1.165, 1.54) is 0 Å². The monoisotopic (exact) mass is 373 g/mol. The molecule has 1 unspecified atom stereocenters. The van der Waals surface area contributed by atoms with Crippen LogP contribution in [0, 0.1) is 0 Å². The molecule has 0 bridgehead atoms. The van der Waals surface area contributed by atoms with Gasteiger partial charge in [-0.25, -0.2) is 0 Å². The molecule has 1 aromatic carbocycles. The van der Waals surface area contributed by atoms with Crippen molar-refractivity contribution in [1.82, 2.24) is 5.32 Å². The van der Waals surface area contributed by atoms with Crippen molar-refractivity contribution in [2.24, 2.45) is 0 Å². The van der Waals surface area contributed by atoms with Crippen LogP contribution in [0.15, 0.2) is 40.2 Å². The Morgan fingerprint density at radius 1 is 1.50 bits per heavy atom. The van der Waals surface area contributed by atoms with Crippen molar-refractivity contribution in [3.8, 4) is 5.75 Å². The molecule has 0 fully saturated rings. The van der Waals surface area contributed by atoms with Crippen LogP contribution in [0.3, 0.4) is 0 Å². The van der Waals surface area contributed by atoms with Gasteiger partial charge in [0.15, 0.2) is 6.10 Å². The van der Waals surface area contributed by atoms with Gasteiger partial charge in [-0.3, -0.25) is 4.79 Å². The van der Waals surface area contributed by atoms with Gasteiger partial charge in [0.25, 0.3) is 5.91 Å². The van der Waals surface area contributed by atoms with Gasteiger partial charge in [0.2, 0.25) is 0 Å². The summed E-state index contributed by atoms with van der Waals surface area (Å²) in [5, 5.41) is 5.40. The van der Waals surface area contributed by atoms with Gasteiger partial charge in [-0.1, -0.05) is 17.7 Å². The average Bonchev–Trinajstić information content (AvgIpc) is 2.81. The van der Waals surface area contributed by atoms with Crippen LogP contribution in [0.2, 0.25) is 5.02 Å². The lowest BCUT2D eigenvalue weighted by Crippen LogP contribution is -2.35. The van der Waals surface area contributed by atoms with Gasteiger partial charge >= 0.3 is 0 Å². The number of ether oxygens (including phenoxy) is 1. The van der Waals surface area contributed by atoms with Crippen molar-refractivity contribution in [3.05, 3.63) is 50.1 Å². The third-order valence-corrected chi connectivity index (χ3v) is 4.47. The number of thiophene rings is 1. The highest BCUT2D eigenvalue weighted by molar-refractivity contribution is 9.10. The molecule has 0 aliphatic heterocycles. The lowest BCUT2D eigenvalue weighted by molar-refractivity contribution is -0.127. The Labute approximate surface area is 135 Å². The Morgan fingerprint density at radius 3 is 2.95 bits per heavy atom. The fourth-order valence-corrected chi connectivity index (χ4v) is 3.13. The second-order valence-corrected chi connectivity index (χ2v) is 6.51. The van der Waals surface area contributed by atoms with Crippen molar-refractivity contribution in [2.75, 3.05) is 0 Å². The van der Waals surface area contributed by atoms with Gasteiger partial charge in [0, 0.05) is 19.8 Å². The molecule has 2 aromatic rings. The zero-order chi connectivity index (χ0) is 14.5. The minimum absolute atomic E-state index is 0.158. The highest BCUT2D eigenvalue weighted by Crippen LogP contribution is 2.20. The number of rotatable bonds is 5. The van der Waals surface area contributed by atoms with E-state index in [9.17, 15) is 4.79 Å². The van der Waals surface area contributed by atoms with Gasteiger partial charge < -0.3 is 10.1 Å². The SMILES string of the molecule is CC(Oc1cccc(Cl)c1)C(=O)NCc1cc(Br)cs1. The number of hydrogen-bond acceptors (Lipinski definition) is 3. The Hall–Kier alpha value is -1.04. The standard InChI is InChI=1S/C14H13BrClNO2S/c1-9(19-12-4-2-3-11(16)6-12)14(18)17-7-13-5-10(15)8-20-13/h2-6,8-9H,7H2,1H3,(H,17,18). The number of amides is 1. The summed E-state index contributed by atoms with van der Waals surface area (Å²) in [6.07, 6.45) is -0.572. The Kier molecular flexibility index (Phi) is 5.46. The molecular formula is C14H13BrClNO2S. The van der Waals surface area contributed by atoms with E-state index in [1.54, 1.807) is 42.5 Å². The molecule has 0 saturated heterocycles. The summed E-state index contributed by atoms with van der Waals surface area (Å²) in [7, 11) is 0. The van der Waals surface area contributed by atoms with E-state index in [4.69, 9.17) is 16.3 Å². The Morgan fingerprint density at radius 2 is 2.30 bits per heavy atom. The maximum Gasteiger partial charge on any atom is 0.261 e. The van der Waals surface area contributed by atoms with Crippen molar-refractivity contribution < 1.29 is 9.53 Å². The Balaban J connectivity index is 1.85. The van der Waals surface area contributed by atoms with E-state index in [1.807, 2.05) is 11.4 Å². The number of nitrogens with one attached hydrogen (secondary N) is 1. The predicted molar refractivity (Wildman–Crippen MR) is 85.4 cm³/mol. The van der Waals surface area contributed by atoms with Gasteiger partial charge in [-0.2, -0.15) is 0 Å². The number of carbonyl (C=O) groups excluding carboxylic acids is 1. The summed E-state index contributed by atoms with van der Waals surface area (Å²) in [6.45, 7) is 2.21. The van der Waals surface area contributed by atoms with E-state index in [2.05, 4.69) is 21.2 Å². The first-order valence-corrected chi connectivity index (χ1v) is 8.02. The molecule has 1 aromatic heterocycles. The fraction of sp³-hybridized carbons (Fsp3) is 0.214. The summed E-state index contributed by atoms with van der Waals surface area (Å²) >= 11 is 10.8. The third kappa shape index (κ3) is 4.51. The minimum Gasteiger partial charge on any atom is -0.481 e. The molecule has 0 aliphatic rings. The fourth-order valence-electron chi connectivity index (χ4n) is 1.56. The van der Waals surface area contributed by atoms with Gasteiger partial charge in [-0.15, -0.1) is 11.3 Å². The molecule has 0 spiro atoms. The average molecular weight is 375 g/mol. The van der Waals surface area contributed by atoms with Crippen LogP contribution in [-0.2, 0) is 11.3 Å². The number of halogens is 2. The summed E-state index contributed by atoms with van der Waals surface area (Å²) in [4.78, 5) is 13.0. The highest BCUT2D eigenvalue weighted by Gasteiger charge is 2.14. The van der Waals surface area contributed by atoms with E-state index in [0.29, 0.717) is 17.3 Å². The molecule has 2 rings (SSSR count). The largest absolute Gasteiger partial charge is 0.481 e. The first kappa shape index (κ1) is 15.4. The second-order valence-electron chi connectivity index (χ2n) is 4.17. The minimum atomic E-state index is -0.572. The molecule has 1 heterocycles. The molecule has 1 amide bonds. The van der Waals surface area contributed by atoms with Gasteiger partial charge in [0.1, 0.15) is 5.75 Å². The van der Waals surface area contributed by atoms with E-state index in [0.717, 1.165) is 9.35 Å². The number of hydrogen-bond donors (Lipinski definition) is 1. The van der Waals surface area contributed by atoms with Crippen molar-refractivity contribution in [2.45, 2.75) is 19.6 Å². The molecule has 6 heteroatoms. The van der Waals surface area contributed by atoms with Crippen LogP contribution >= 0.6 is 38.9 Å². The summed E-state index contributed by atoms with van der Waals surface area (Å²) in [5.74, 6) is 0.425. The predicted octanol–water partition coefficient (Wildman–Crippen LogP) is 4.25. The summed E-state index contributed by atoms with van der Waals surface area (Å²) in [5.41, 5.74) is 0. The van der Waals surface area contributed by atoms with Gasteiger partial charge in [-0.05, 0) is 47.1 Å². The molecular weight excluding hydrogens is 362 g/mol. The maximum atomic E-state index is 11.9. The number of benzene rings is 1. The first-order valence-electron chi connectivity index (χ1n) is 5.97. The second kappa shape index (κ2) is 7.11. The topological polar surface area (TPSA) is 38.3 Å². The maximum absolute atomic E-state index is 11.9. The lowest BCUT2D eigenvalue weighted by atomic mass is 10.3. The van der Waals surface area contributed by atoms with Crippen molar-refractivity contribution >= 4 is 44.8 Å². The quantitative estimate of drug-likeness (QED) is 0.850. The van der Waals surface area contributed by atoms with Gasteiger partial charge in [0.05, 0.1) is 6.54 Å². The van der Waals surface area contributed by atoms with Crippen LogP contribution in [0.1, 0.15) is 11.8 Å². The Bertz CT molecular complexity index is 602. The molecule has 20 heavy (non-hydrogen) atoms. The van der Waals surface area contributed by atoms with Crippen molar-refractivity contribution in [1.29, 1.82) is 0 Å². The molecule has 1 N–H and O–H groups in total. The molecule has 3 nitrogen and oxygen atoms in total. The molecule has 0 saturated carbocycles. The number of carbonyl (C=O) groups is 1. The zero-order valence-electron chi connectivity index (χ0n) is 10.7. The van der Waals surface area contributed by atoms with Crippen LogP contribution in [-0.4, -0.2) is 12.0 Å². The lowest BCUT2D eigenvalue weighted by Gasteiger charge is -2.14. The van der Waals surface area contributed by atoms with Crippen LogP contribution in [0.4, 0.5) is 0 Å². The molecule has 106 valence electrons. The zero-order valence-corrected chi connectivity index (χ0v) is 13.9. The highest BCUT2D eigenvalue weighted by atomic mass is 79.9. The normalized spacial score (nSPS) is 11.9. The van der Waals surface area contributed by atoms with Crippen molar-refractivity contribution in [3.63, 3.8) is 0 Å². The molecule has 1 atom stereocenters. The van der Waals surface area contributed by atoms with Crippen LogP contribution in [0.5, 0.6) is 5.75 Å². The summed E-state index contributed by atoms with van der Waals surface area (Å²) < 4.78 is 6.57. The smallest absolute Gasteiger partial charge is 0.261 e. The summed E-state index contributed by atoms with van der Waals surface area (Å²) in [6, 6.07) is 8.97. The van der Waals surface area contributed by atoms with Crippen LogP contribution in [0.25, 0.3) is 0 Å². The molecule has 0 aliphatic carbocycles. The third-order valence-electron chi connectivity index (χ3n) is 2.54. The first-order chi connectivity index (χ1) is 9.54. The van der Waals surface area contributed by atoms with E-state index < -0.39 is 6.10 Å². The van der Waals surface area contributed by atoms with Crippen LogP contribution < -0.4 is 10.1 Å². The van der Waals surface area contributed by atoms with E-state index in [-0.39, 0.29) is 5.91 Å². The van der Waals surface area contributed by atoms with E-state index >= 15 is 0 Å². The molecule has 0 radical (unpaired) electrons.